The van der Waals surface area contributed by atoms with Crippen molar-refractivity contribution >= 4 is 24.1 Å². The second kappa shape index (κ2) is 4.55. The summed E-state index contributed by atoms with van der Waals surface area (Å²) in [5.74, 6) is 0. The van der Waals surface area contributed by atoms with E-state index in [2.05, 4.69) is 0 Å². The summed E-state index contributed by atoms with van der Waals surface area (Å²) in [4.78, 5) is 9.71. The first-order chi connectivity index (χ1) is 7.62. The second-order valence-electron chi connectivity index (χ2n) is 4.40. The summed E-state index contributed by atoms with van der Waals surface area (Å²) in [7, 11) is -6.19. The number of hydrogen-bond donors (Lipinski definition) is 0. The predicted octanol–water partition coefficient (Wildman–Crippen LogP) is 2.13. The standard InChI is InChI=1S/C9H13NO5SSi/c1-17(2,3)15-16(13,14)9-6-4-5-8(7-9)10(11)12/h4-7H,1-3H3. The minimum Gasteiger partial charge on any atom is -0.312 e. The van der Waals surface area contributed by atoms with Gasteiger partial charge in [-0.05, 0) is 25.7 Å². The van der Waals surface area contributed by atoms with Crippen LogP contribution in [0.3, 0.4) is 0 Å². The molecule has 0 radical (unpaired) electrons. The Bertz CT molecular complexity index is 535. The lowest BCUT2D eigenvalue weighted by Gasteiger charge is -2.16. The molecule has 0 aliphatic rings. The summed E-state index contributed by atoms with van der Waals surface area (Å²) in [6.45, 7) is 5.17. The van der Waals surface area contributed by atoms with Gasteiger partial charge in [0.2, 0.25) is 8.32 Å². The fourth-order valence-corrected chi connectivity index (χ4v) is 4.66. The van der Waals surface area contributed by atoms with Crippen LogP contribution >= 0.6 is 0 Å². The van der Waals surface area contributed by atoms with Gasteiger partial charge in [-0.3, -0.25) is 10.1 Å². The Labute approximate surface area is 101 Å². The zero-order chi connectivity index (χ0) is 13.3. The number of nitro groups is 1. The van der Waals surface area contributed by atoms with E-state index < -0.39 is 23.4 Å². The maximum absolute atomic E-state index is 11.8. The topological polar surface area (TPSA) is 86.5 Å². The highest BCUT2D eigenvalue weighted by molar-refractivity contribution is 7.87. The molecule has 94 valence electrons. The van der Waals surface area contributed by atoms with Gasteiger partial charge in [-0.15, -0.1) is 0 Å². The maximum Gasteiger partial charge on any atom is 0.287 e. The van der Waals surface area contributed by atoms with Gasteiger partial charge in [0.25, 0.3) is 15.8 Å². The van der Waals surface area contributed by atoms with Gasteiger partial charge in [0.05, 0.1) is 9.82 Å². The van der Waals surface area contributed by atoms with Gasteiger partial charge in [-0.2, -0.15) is 8.42 Å². The molecule has 17 heavy (non-hydrogen) atoms. The first-order valence-electron chi connectivity index (χ1n) is 4.82. The Morgan fingerprint density at radius 3 is 2.35 bits per heavy atom. The molecule has 0 aliphatic carbocycles. The Hall–Kier alpha value is -1.25. The molecule has 6 nitrogen and oxygen atoms in total. The highest BCUT2D eigenvalue weighted by Crippen LogP contribution is 2.21. The Morgan fingerprint density at radius 1 is 1.29 bits per heavy atom. The van der Waals surface area contributed by atoms with Crippen LogP contribution in [0.5, 0.6) is 0 Å². The number of benzene rings is 1. The SMILES string of the molecule is C[Si](C)(C)OS(=O)(=O)c1cccc([N+](=O)[O-])c1. The first-order valence-corrected chi connectivity index (χ1v) is 9.63. The van der Waals surface area contributed by atoms with E-state index in [-0.39, 0.29) is 10.6 Å². The molecule has 1 aromatic carbocycles. The lowest BCUT2D eigenvalue weighted by molar-refractivity contribution is -0.385. The number of non-ortho nitro benzene ring substituents is 1. The molecule has 0 unspecified atom stereocenters. The van der Waals surface area contributed by atoms with Crippen LogP contribution in [0.2, 0.25) is 19.6 Å². The van der Waals surface area contributed by atoms with Crippen LogP contribution in [0.4, 0.5) is 5.69 Å². The molecule has 0 saturated carbocycles. The van der Waals surface area contributed by atoms with Crippen LogP contribution in [0.15, 0.2) is 29.2 Å². The van der Waals surface area contributed by atoms with Crippen LogP contribution < -0.4 is 0 Å². The summed E-state index contributed by atoms with van der Waals surface area (Å²) < 4.78 is 28.7. The molecular weight excluding hydrogens is 262 g/mol. The molecule has 1 rings (SSSR count). The van der Waals surface area contributed by atoms with Crippen LogP contribution in [-0.2, 0) is 14.0 Å². The molecule has 1 aromatic rings. The average Bonchev–Trinajstić information content (AvgIpc) is 2.14. The molecule has 0 spiro atoms. The summed E-state index contributed by atoms with van der Waals surface area (Å²) in [6, 6.07) is 4.82. The fraction of sp³-hybridized carbons (Fsp3) is 0.333. The van der Waals surface area contributed by atoms with E-state index >= 15 is 0 Å². The third-order valence-corrected chi connectivity index (χ3v) is 5.39. The third kappa shape index (κ3) is 3.91. The van der Waals surface area contributed by atoms with Crippen LogP contribution in [0.25, 0.3) is 0 Å². The number of nitrogens with zero attached hydrogens (tertiary/aromatic N) is 1. The van der Waals surface area contributed by atoms with Crippen molar-refractivity contribution in [3.05, 3.63) is 34.4 Å². The van der Waals surface area contributed by atoms with Gasteiger partial charge >= 0.3 is 0 Å². The van der Waals surface area contributed by atoms with Crippen molar-refractivity contribution in [3.8, 4) is 0 Å². The first kappa shape index (κ1) is 13.8. The molecule has 0 aliphatic heterocycles. The van der Waals surface area contributed by atoms with Gasteiger partial charge in [0.1, 0.15) is 0 Å². The molecule has 0 aromatic heterocycles. The minimum atomic E-state index is -3.92. The largest absolute Gasteiger partial charge is 0.312 e. The van der Waals surface area contributed by atoms with Crippen molar-refractivity contribution in [2.24, 2.45) is 0 Å². The molecule has 0 saturated heterocycles. The summed E-state index contributed by atoms with van der Waals surface area (Å²) in [6.07, 6.45) is 0. The normalized spacial score (nSPS) is 12.4. The molecule has 0 N–H and O–H groups in total. The van der Waals surface area contributed by atoms with E-state index in [0.717, 1.165) is 6.07 Å². The monoisotopic (exact) mass is 275 g/mol. The van der Waals surface area contributed by atoms with Gasteiger partial charge in [0.15, 0.2) is 0 Å². The minimum absolute atomic E-state index is 0.186. The van der Waals surface area contributed by atoms with E-state index in [1.807, 2.05) is 0 Å². The lowest BCUT2D eigenvalue weighted by Crippen LogP contribution is -2.29. The van der Waals surface area contributed by atoms with E-state index in [0.29, 0.717) is 0 Å². The van der Waals surface area contributed by atoms with Crippen LogP contribution in [0, 0.1) is 10.1 Å². The van der Waals surface area contributed by atoms with E-state index in [4.69, 9.17) is 3.87 Å². The quantitative estimate of drug-likeness (QED) is 0.477. The highest BCUT2D eigenvalue weighted by atomic mass is 32.2. The molecule has 0 bridgehead atoms. The van der Waals surface area contributed by atoms with E-state index in [1.165, 1.54) is 18.2 Å². The molecule has 8 heteroatoms. The fourth-order valence-electron chi connectivity index (χ4n) is 1.13. The zero-order valence-electron chi connectivity index (χ0n) is 9.71. The average molecular weight is 275 g/mol. The van der Waals surface area contributed by atoms with Crippen molar-refractivity contribution in [3.63, 3.8) is 0 Å². The molecule has 0 fully saturated rings. The molecule has 0 atom stereocenters. The number of rotatable bonds is 4. The van der Waals surface area contributed by atoms with Crippen molar-refractivity contribution < 1.29 is 17.2 Å². The van der Waals surface area contributed by atoms with Gasteiger partial charge in [0, 0.05) is 12.1 Å². The smallest absolute Gasteiger partial charge is 0.287 e. The van der Waals surface area contributed by atoms with Crippen LogP contribution in [0.1, 0.15) is 0 Å². The van der Waals surface area contributed by atoms with Crippen molar-refractivity contribution in [1.82, 2.24) is 0 Å². The molecule has 0 amide bonds. The Balaban J connectivity index is 3.16. The highest BCUT2D eigenvalue weighted by Gasteiger charge is 2.26. The van der Waals surface area contributed by atoms with Crippen LogP contribution in [-0.4, -0.2) is 21.7 Å². The summed E-state index contributed by atoms with van der Waals surface area (Å²) in [5.41, 5.74) is -0.273. The lowest BCUT2D eigenvalue weighted by atomic mass is 10.3. The van der Waals surface area contributed by atoms with E-state index in [1.54, 1.807) is 19.6 Å². The summed E-state index contributed by atoms with van der Waals surface area (Å²) >= 11 is 0. The Morgan fingerprint density at radius 2 is 1.88 bits per heavy atom. The zero-order valence-corrected chi connectivity index (χ0v) is 11.5. The van der Waals surface area contributed by atoms with Crippen molar-refractivity contribution in [1.29, 1.82) is 0 Å². The van der Waals surface area contributed by atoms with Crippen molar-refractivity contribution in [2.45, 2.75) is 24.5 Å². The predicted molar refractivity (Wildman–Crippen MR) is 64.7 cm³/mol. The number of nitro benzene ring substituents is 1. The Kier molecular flexibility index (Phi) is 3.70. The molecule has 0 heterocycles. The van der Waals surface area contributed by atoms with Gasteiger partial charge in [-0.1, -0.05) is 6.07 Å². The number of hydrogen-bond acceptors (Lipinski definition) is 5. The maximum atomic E-state index is 11.8. The molecular formula is C9H13NO5SSi. The van der Waals surface area contributed by atoms with Gasteiger partial charge in [-0.25, -0.2) is 0 Å². The van der Waals surface area contributed by atoms with E-state index in [9.17, 15) is 18.5 Å². The third-order valence-electron chi connectivity index (χ3n) is 1.68. The van der Waals surface area contributed by atoms with Gasteiger partial charge < -0.3 is 3.87 Å². The second-order valence-corrected chi connectivity index (χ2v) is 10.7. The summed E-state index contributed by atoms with van der Waals surface area (Å²) in [5, 5.41) is 10.5. The van der Waals surface area contributed by atoms with Crippen molar-refractivity contribution in [2.75, 3.05) is 0 Å².